The zero-order valence-corrected chi connectivity index (χ0v) is 25.6. The summed E-state index contributed by atoms with van der Waals surface area (Å²) in [5.41, 5.74) is 0.835. The molecule has 1 aliphatic carbocycles. The summed E-state index contributed by atoms with van der Waals surface area (Å²) in [6.07, 6.45) is 0.951. The second-order valence-corrected chi connectivity index (χ2v) is 9.88. The maximum atomic E-state index is 13.3. The number of hydrogen-bond donors (Lipinski definition) is 2. The van der Waals surface area contributed by atoms with Crippen molar-refractivity contribution in [3.8, 4) is 11.8 Å². The number of dihydropyridines is 1. The molecule has 2 aromatic rings. The van der Waals surface area contributed by atoms with Crippen LogP contribution in [0.5, 0.6) is 5.75 Å². The molecule has 5 rings (SSSR count). The molecule has 2 heterocycles. The van der Waals surface area contributed by atoms with Gasteiger partial charge in [0.05, 0.1) is 24.3 Å². The van der Waals surface area contributed by atoms with Crippen molar-refractivity contribution in [3.63, 3.8) is 0 Å². The molecule has 1 saturated carbocycles. The minimum Gasteiger partial charge on any atom is -0.496 e. The Balaban J connectivity index is 0.000000435. The van der Waals surface area contributed by atoms with Crippen molar-refractivity contribution < 1.29 is 22.7 Å². The first-order chi connectivity index (χ1) is 20.2. The van der Waals surface area contributed by atoms with Crippen molar-refractivity contribution in [2.75, 3.05) is 20.7 Å². The third kappa shape index (κ3) is 9.31. The minimum atomic E-state index is -4.50. The van der Waals surface area contributed by atoms with E-state index < -0.39 is 17.6 Å². The number of carbonyl (C=O) groups is 1. The number of nitriles is 1. The number of halogens is 3. The molecular formula is C31H38F3N5O2S. The molecule has 0 radical (unpaired) electrons. The lowest BCUT2D eigenvalue weighted by atomic mass is 9.94. The average molecular weight is 602 g/mol. The Morgan fingerprint density at radius 3 is 2.36 bits per heavy atom. The minimum absolute atomic E-state index is 0.196. The summed E-state index contributed by atoms with van der Waals surface area (Å²) in [5.74, 6) is 0.417. The fraction of sp³-hybridized carbons (Fsp3) is 0.387. The van der Waals surface area contributed by atoms with Crippen LogP contribution in [0.2, 0.25) is 0 Å². The number of ether oxygens (including phenoxy) is 1. The number of carbonyl (C=O) groups excluding carboxylic acids is 1. The maximum absolute atomic E-state index is 13.3. The Kier molecular flexibility index (Phi) is 13.5. The van der Waals surface area contributed by atoms with Gasteiger partial charge in [0.2, 0.25) is 0 Å². The van der Waals surface area contributed by atoms with Crippen LogP contribution in [-0.4, -0.2) is 42.2 Å². The van der Waals surface area contributed by atoms with Crippen LogP contribution < -0.4 is 15.4 Å². The van der Waals surface area contributed by atoms with E-state index in [2.05, 4.69) is 15.7 Å². The Bertz CT molecular complexity index is 1320. The van der Waals surface area contributed by atoms with E-state index in [9.17, 15) is 18.0 Å². The van der Waals surface area contributed by atoms with Crippen LogP contribution in [0.4, 0.5) is 13.2 Å². The smallest absolute Gasteiger partial charge is 0.416 e. The second kappa shape index (κ2) is 16.5. The number of amidine groups is 1. The highest BCUT2D eigenvalue weighted by molar-refractivity contribution is 8.14. The first kappa shape index (κ1) is 34.3. The van der Waals surface area contributed by atoms with Gasteiger partial charge in [0.15, 0.2) is 5.17 Å². The number of hydrazone groups is 1. The number of nitrogens with zero attached hydrogens (tertiary/aromatic N) is 3. The third-order valence-electron chi connectivity index (χ3n) is 6.07. The van der Waals surface area contributed by atoms with E-state index in [1.165, 1.54) is 24.9 Å². The summed E-state index contributed by atoms with van der Waals surface area (Å²) in [5, 5.41) is 21.0. The maximum Gasteiger partial charge on any atom is 0.416 e. The molecule has 11 heteroatoms. The van der Waals surface area contributed by atoms with Crippen LogP contribution in [0.3, 0.4) is 0 Å². The van der Waals surface area contributed by atoms with Gasteiger partial charge in [-0.15, -0.1) is 0 Å². The van der Waals surface area contributed by atoms with Crippen molar-refractivity contribution in [2.24, 2.45) is 11.0 Å². The molecule has 1 unspecified atom stereocenters. The van der Waals surface area contributed by atoms with Crippen molar-refractivity contribution in [1.82, 2.24) is 15.6 Å². The number of thioether (sulfide) groups is 1. The molecule has 1 fully saturated rings. The molecule has 2 aliphatic heterocycles. The molecule has 42 heavy (non-hydrogen) atoms. The van der Waals surface area contributed by atoms with Crippen LogP contribution >= 0.6 is 11.8 Å². The van der Waals surface area contributed by atoms with E-state index in [0.717, 1.165) is 25.0 Å². The van der Waals surface area contributed by atoms with E-state index in [1.807, 2.05) is 64.0 Å². The van der Waals surface area contributed by atoms with E-state index >= 15 is 0 Å². The fourth-order valence-corrected chi connectivity index (χ4v) is 5.22. The van der Waals surface area contributed by atoms with Crippen LogP contribution in [-0.2, 0) is 11.0 Å². The number of alkyl halides is 3. The van der Waals surface area contributed by atoms with Gasteiger partial charge in [-0.25, -0.2) is 0 Å². The Labute approximate surface area is 250 Å². The average Bonchev–Trinajstić information content (AvgIpc) is 3.81. The van der Waals surface area contributed by atoms with Crippen LogP contribution in [0.1, 0.15) is 57.2 Å². The number of amides is 1. The van der Waals surface area contributed by atoms with Crippen LogP contribution in [0.15, 0.2) is 71.5 Å². The first-order valence-electron chi connectivity index (χ1n) is 13.8. The second-order valence-electron chi connectivity index (χ2n) is 8.78. The Hall–Kier alpha value is -3.91. The highest BCUT2D eigenvalue weighted by atomic mass is 32.2. The molecule has 0 saturated heterocycles. The predicted molar refractivity (Wildman–Crippen MR) is 163 cm³/mol. The molecule has 7 nitrogen and oxygen atoms in total. The van der Waals surface area contributed by atoms with E-state index in [-0.39, 0.29) is 28.8 Å². The number of methoxy groups -OCH3 is 1. The summed E-state index contributed by atoms with van der Waals surface area (Å²) >= 11 is 1.50. The van der Waals surface area contributed by atoms with Gasteiger partial charge in [-0.05, 0) is 66.9 Å². The SMILES string of the molecule is CC.CC.COc1ccc(C(F)(F)F)cc1C1=C(C(=O)NC2=NN(C)C(C3CC3)S2)C=CNC1.N#Cc1ccccc1. The molecule has 0 spiro atoms. The molecule has 226 valence electrons. The lowest BCUT2D eigenvalue weighted by Crippen LogP contribution is -2.31. The largest absolute Gasteiger partial charge is 0.496 e. The lowest BCUT2D eigenvalue weighted by Gasteiger charge is -2.20. The summed E-state index contributed by atoms with van der Waals surface area (Å²) < 4.78 is 45.0. The summed E-state index contributed by atoms with van der Waals surface area (Å²) in [6.45, 7) is 8.20. The van der Waals surface area contributed by atoms with Gasteiger partial charge in [0, 0.05) is 24.7 Å². The van der Waals surface area contributed by atoms with Crippen molar-refractivity contribution >= 4 is 28.4 Å². The van der Waals surface area contributed by atoms with Gasteiger partial charge in [0.1, 0.15) is 11.1 Å². The molecular weight excluding hydrogens is 563 g/mol. The topological polar surface area (TPSA) is 89.8 Å². The molecule has 0 aromatic heterocycles. The van der Waals surface area contributed by atoms with Crippen LogP contribution in [0.25, 0.3) is 5.57 Å². The number of hydrogen-bond acceptors (Lipinski definition) is 7. The van der Waals surface area contributed by atoms with Crippen molar-refractivity contribution in [2.45, 2.75) is 52.1 Å². The van der Waals surface area contributed by atoms with Crippen LogP contribution in [0, 0.1) is 17.2 Å². The zero-order chi connectivity index (χ0) is 31.3. The summed E-state index contributed by atoms with van der Waals surface area (Å²) in [6, 6.07) is 14.4. The standard InChI is InChI=1S/C20H21F3N4O2S.C7H5N.2C2H6/c1-27-18(11-3-4-11)30-19(26-27)25-17(28)13-7-8-24-10-15(13)14-9-12(20(21,22)23)5-6-16(14)29-2;8-6-7-4-2-1-3-5-7;2*1-2/h5-9,11,18,24H,3-4,10H2,1-2H3,(H,25,26,28);1-5H;2*1-2H3. The first-order valence-corrected chi connectivity index (χ1v) is 14.7. The van der Waals surface area contributed by atoms with Gasteiger partial charge in [-0.3, -0.25) is 15.1 Å². The normalized spacial score (nSPS) is 17.1. The van der Waals surface area contributed by atoms with Crippen molar-refractivity contribution in [3.05, 3.63) is 83.1 Å². The van der Waals surface area contributed by atoms with Gasteiger partial charge >= 0.3 is 6.18 Å². The molecule has 2 aromatic carbocycles. The molecule has 1 amide bonds. The van der Waals surface area contributed by atoms with Gasteiger partial charge < -0.3 is 10.1 Å². The molecule has 2 N–H and O–H groups in total. The number of nitrogens with one attached hydrogen (secondary N) is 2. The fourth-order valence-electron chi connectivity index (χ4n) is 4.00. The zero-order valence-electron chi connectivity index (χ0n) is 24.7. The van der Waals surface area contributed by atoms with E-state index in [0.29, 0.717) is 22.2 Å². The van der Waals surface area contributed by atoms with Gasteiger partial charge in [0.25, 0.3) is 5.91 Å². The molecule has 3 aliphatic rings. The van der Waals surface area contributed by atoms with E-state index in [4.69, 9.17) is 10.00 Å². The monoisotopic (exact) mass is 601 g/mol. The quantitative estimate of drug-likeness (QED) is 0.392. The lowest BCUT2D eigenvalue weighted by molar-refractivity contribution is -0.137. The Morgan fingerprint density at radius 2 is 1.81 bits per heavy atom. The highest BCUT2D eigenvalue weighted by Crippen LogP contribution is 2.43. The molecule has 1 atom stereocenters. The van der Waals surface area contributed by atoms with Crippen molar-refractivity contribution in [1.29, 1.82) is 5.26 Å². The van der Waals surface area contributed by atoms with E-state index in [1.54, 1.807) is 24.4 Å². The third-order valence-corrected chi connectivity index (χ3v) is 7.40. The van der Waals surface area contributed by atoms with Gasteiger partial charge in [-0.1, -0.05) is 57.7 Å². The van der Waals surface area contributed by atoms with Gasteiger partial charge in [-0.2, -0.15) is 23.5 Å². The number of rotatable bonds is 4. The Morgan fingerprint density at radius 1 is 1.14 bits per heavy atom. The molecule has 0 bridgehead atoms. The predicted octanol–water partition coefficient (Wildman–Crippen LogP) is 7.00. The number of benzene rings is 2. The highest BCUT2D eigenvalue weighted by Gasteiger charge is 2.39. The summed E-state index contributed by atoms with van der Waals surface area (Å²) in [7, 11) is 3.26. The summed E-state index contributed by atoms with van der Waals surface area (Å²) in [4.78, 5) is 13.0.